The fraction of sp³-hybridized carbons (Fsp3) is 0.0690. The van der Waals surface area contributed by atoms with Gasteiger partial charge in [0.25, 0.3) is 0 Å². The molecule has 0 unspecified atom stereocenters. The summed E-state index contributed by atoms with van der Waals surface area (Å²) in [5.74, 6) is 0. The van der Waals surface area contributed by atoms with Gasteiger partial charge in [-0.05, 0) is 105 Å². The van der Waals surface area contributed by atoms with E-state index in [1.165, 1.54) is 77.4 Å². The molecule has 0 radical (unpaired) electrons. The minimum atomic E-state index is -0.486. The maximum Gasteiger partial charge on any atom is 0.0720 e. The third-order valence-electron chi connectivity index (χ3n) is 13.5. The van der Waals surface area contributed by atoms with Gasteiger partial charge in [-0.3, -0.25) is 0 Å². The average molecular weight is 767 g/mol. The molecule has 0 aliphatic heterocycles. The smallest absolute Gasteiger partial charge is 0.0720 e. The summed E-state index contributed by atoms with van der Waals surface area (Å²) in [5.41, 5.74) is 19.4. The predicted molar refractivity (Wildman–Crippen MR) is 250 cm³/mol. The standard InChI is InChI=1S/C58H42N2/c1-57(2)48-25-12-14-27-50(48)58(51-28-15-13-26-49(51)57)47-24-11-9-23-45(47)56-52(58)29-17-31-55(56)59(42-34-32-40(33-35-42)39-18-5-3-6-19-39)43-36-37-54-46(38-43)44-22-10-16-30-53(44)60(54)41-20-7-4-8-21-41/h3-38H,1-2H3. The van der Waals surface area contributed by atoms with Crippen LogP contribution in [0.2, 0.25) is 0 Å². The average Bonchev–Trinajstić information content (AvgIpc) is 3.80. The third kappa shape index (κ3) is 4.76. The van der Waals surface area contributed by atoms with E-state index in [0.717, 1.165) is 22.7 Å². The van der Waals surface area contributed by atoms with E-state index in [-0.39, 0.29) is 5.41 Å². The second-order valence-corrected chi connectivity index (χ2v) is 16.8. The van der Waals surface area contributed by atoms with Crippen molar-refractivity contribution >= 4 is 38.9 Å². The fourth-order valence-electron chi connectivity index (χ4n) is 10.9. The number of hydrogen-bond acceptors (Lipinski definition) is 1. The van der Waals surface area contributed by atoms with Crippen LogP contribution in [-0.2, 0) is 10.8 Å². The van der Waals surface area contributed by atoms with Crippen LogP contribution in [0.1, 0.15) is 47.2 Å². The lowest BCUT2D eigenvalue weighted by molar-refractivity contribution is 0.563. The Morgan fingerprint density at radius 1 is 0.383 bits per heavy atom. The van der Waals surface area contributed by atoms with Crippen molar-refractivity contribution in [1.82, 2.24) is 4.57 Å². The van der Waals surface area contributed by atoms with Crippen LogP contribution < -0.4 is 4.90 Å². The van der Waals surface area contributed by atoms with E-state index in [1.807, 2.05) is 0 Å². The van der Waals surface area contributed by atoms with Gasteiger partial charge < -0.3 is 9.47 Å². The van der Waals surface area contributed by atoms with Crippen LogP contribution in [0.5, 0.6) is 0 Å². The Labute approximate surface area is 351 Å². The summed E-state index contributed by atoms with van der Waals surface area (Å²) in [4.78, 5) is 2.50. The molecule has 0 N–H and O–H groups in total. The highest BCUT2D eigenvalue weighted by atomic mass is 15.1. The topological polar surface area (TPSA) is 8.17 Å². The van der Waals surface area contributed by atoms with Gasteiger partial charge in [-0.1, -0.05) is 178 Å². The van der Waals surface area contributed by atoms with Crippen LogP contribution in [0.3, 0.4) is 0 Å². The Kier molecular flexibility index (Phi) is 7.52. The Morgan fingerprint density at radius 2 is 0.917 bits per heavy atom. The van der Waals surface area contributed by atoms with Crippen molar-refractivity contribution < 1.29 is 0 Å². The van der Waals surface area contributed by atoms with Crippen molar-refractivity contribution in [2.45, 2.75) is 24.7 Å². The van der Waals surface area contributed by atoms with Crippen molar-refractivity contribution in [2.24, 2.45) is 0 Å². The first-order valence-electron chi connectivity index (χ1n) is 21.0. The maximum absolute atomic E-state index is 2.50. The fourth-order valence-corrected chi connectivity index (χ4v) is 10.9. The molecule has 2 aliphatic carbocycles. The van der Waals surface area contributed by atoms with Gasteiger partial charge in [0, 0.05) is 38.8 Å². The van der Waals surface area contributed by atoms with Crippen LogP contribution in [0.15, 0.2) is 218 Å². The van der Waals surface area contributed by atoms with Crippen molar-refractivity contribution in [2.75, 3.05) is 4.90 Å². The molecular weight excluding hydrogens is 725 g/mol. The Morgan fingerprint density at radius 3 is 1.63 bits per heavy atom. The molecule has 9 aromatic carbocycles. The minimum absolute atomic E-state index is 0.158. The van der Waals surface area contributed by atoms with Gasteiger partial charge in [0.2, 0.25) is 0 Å². The quantitative estimate of drug-likeness (QED) is 0.169. The first-order chi connectivity index (χ1) is 29.5. The summed E-state index contributed by atoms with van der Waals surface area (Å²) in [6.07, 6.45) is 0. The third-order valence-corrected chi connectivity index (χ3v) is 13.5. The molecule has 0 fully saturated rings. The van der Waals surface area contributed by atoms with Crippen LogP contribution in [0.4, 0.5) is 17.1 Å². The molecular formula is C58H42N2. The van der Waals surface area contributed by atoms with Gasteiger partial charge in [-0.2, -0.15) is 0 Å². The molecule has 60 heavy (non-hydrogen) atoms. The number of aromatic nitrogens is 1. The molecule has 2 heteroatoms. The molecule has 2 aliphatic rings. The van der Waals surface area contributed by atoms with E-state index in [1.54, 1.807) is 0 Å². The van der Waals surface area contributed by atoms with Crippen LogP contribution in [0.25, 0.3) is 49.7 Å². The Balaban J connectivity index is 1.15. The van der Waals surface area contributed by atoms with E-state index >= 15 is 0 Å². The number of para-hydroxylation sites is 2. The summed E-state index contributed by atoms with van der Waals surface area (Å²) in [7, 11) is 0. The van der Waals surface area contributed by atoms with Crippen LogP contribution in [-0.4, -0.2) is 4.57 Å². The van der Waals surface area contributed by atoms with Crippen LogP contribution >= 0.6 is 0 Å². The first kappa shape index (κ1) is 34.6. The summed E-state index contributed by atoms with van der Waals surface area (Å²) < 4.78 is 2.40. The molecule has 1 spiro atoms. The lowest BCUT2D eigenvalue weighted by Crippen LogP contribution is -2.40. The molecule has 0 atom stereocenters. The summed E-state index contributed by atoms with van der Waals surface area (Å²) in [6, 6.07) is 81.0. The highest BCUT2D eigenvalue weighted by molar-refractivity contribution is 6.11. The number of hydrogen-bond donors (Lipinski definition) is 0. The van der Waals surface area contributed by atoms with Gasteiger partial charge in [-0.15, -0.1) is 0 Å². The summed E-state index contributed by atoms with van der Waals surface area (Å²) in [6.45, 7) is 4.78. The number of benzene rings is 9. The van der Waals surface area contributed by atoms with Gasteiger partial charge >= 0.3 is 0 Å². The highest BCUT2D eigenvalue weighted by Crippen LogP contribution is 2.64. The second kappa shape index (κ2) is 13.0. The SMILES string of the molecule is CC1(C)c2ccccc2C2(c3ccccc3-c3c(N(c4ccc(-c5ccccc5)cc4)c4ccc5c(c4)c4ccccc4n5-c4ccccc4)cccc32)c2ccccc21. The number of rotatable bonds is 5. The maximum atomic E-state index is 2.50. The number of anilines is 3. The Bertz CT molecular complexity index is 3230. The van der Waals surface area contributed by atoms with E-state index in [0.29, 0.717) is 0 Å². The van der Waals surface area contributed by atoms with E-state index in [9.17, 15) is 0 Å². The van der Waals surface area contributed by atoms with Gasteiger partial charge in [0.05, 0.1) is 22.1 Å². The lowest BCUT2D eigenvalue weighted by Gasteiger charge is -2.46. The largest absolute Gasteiger partial charge is 0.310 e. The zero-order valence-corrected chi connectivity index (χ0v) is 33.7. The van der Waals surface area contributed by atoms with Gasteiger partial charge in [0.1, 0.15) is 0 Å². The summed E-state index contributed by atoms with van der Waals surface area (Å²) >= 11 is 0. The minimum Gasteiger partial charge on any atom is -0.310 e. The molecule has 0 saturated heterocycles. The summed E-state index contributed by atoms with van der Waals surface area (Å²) in [5, 5.41) is 2.46. The molecule has 2 nitrogen and oxygen atoms in total. The van der Waals surface area contributed by atoms with E-state index < -0.39 is 5.41 Å². The molecule has 284 valence electrons. The monoisotopic (exact) mass is 766 g/mol. The molecule has 1 heterocycles. The molecule has 10 aromatic rings. The zero-order valence-electron chi connectivity index (χ0n) is 33.7. The first-order valence-corrected chi connectivity index (χ1v) is 21.0. The van der Waals surface area contributed by atoms with Gasteiger partial charge in [-0.25, -0.2) is 0 Å². The molecule has 0 amide bonds. The second-order valence-electron chi connectivity index (χ2n) is 16.8. The van der Waals surface area contributed by atoms with Crippen molar-refractivity contribution in [3.05, 3.63) is 252 Å². The van der Waals surface area contributed by atoms with Crippen molar-refractivity contribution in [3.8, 4) is 27.9 Å². The van der Waals surface area contributed by atoms with Crippen molar-refractivity contribution in [3.63, 3.8) is 0 Å². The molecule has 12 rings (SSSR count). The van der Waals surface area contributed by atoms with Crippen molar-refractivity contribution in [1.29, 1.82) is 0 Å². The number of nitrogens with zero attached hydrogens (tertiary/aromatic N) is 2. The number of fused-ring (bicyclic) bond motifs is 12. The normalized spacial score (nSPS) is 14.1. The highest BCUT2D eigenvalue weighted by Gasteiger charge is 2.53. The van der Waals surface area contributed by atoms with E-state index in [2.05, 4.69) is 242 Å². The predicted octanol–water partition coefficient (Wildman–Crippen LogP) is 14.9. The van der Waals surface area contributed by atoms with Gasteiger partial charge in [0.15, 0.2) is 0 Å². The molecule has 0 saturated carbocycles. The van der Waals surface area contributed by atoms with E-state index in [4.69, 9.17) is 0 Å². The molecule has 0 bridgehead atoms. The lowest BCUT2D eigenvalue weighted by atomic mass is 9.55. The Hall–Kier alpha value is -7.42. The molecule has 1 aromatic heterocycles. The zero-order chi connectivity index (χ0) is 40.0. The van der Waals surface area contributed by atoms with Crippen LogP contribution in [0, 0.1) is 0 Å².